The first-order valence-electron chi connectivity index (χ1n) is 14.1. The quantitative estimate of drug-likeness (QED) is 0.318. The van der Waals surface area contributed by atoms with E-state index in [0.29, 0.717) is 41.1 Å². The third kappa shape index (κ3) is 6.49. The van der Waals surface area contributed by atoms with Gasteiger partial charge < -0.3 is 15.0 Å². The Labute approximate surface area is 245 Å². The lowest BCUT2D eigenvalue weighted by Crippen LogP contribution is -2.50. The highest BCUT2D eigenvalue weighted by Crippen LogP contribution is 2.31. The van der Waals surface area contributed by atoms with Gasteiger partial charge in [0.05, 0.1) is 18.7 Å². The molecule has 42 heavy (non-hydrogen) atoms. The molecule has 3 aromatic carbocycles. The van der Waals surface area contributed by atoms with Crippen molar-refractivity contribution in [2.24, 2.45) is 0 Å². The van der Waals surface area contributed by atoms with E-state index in [1.54, 1.807) is 24.3 Å². The first-order chi connectivity index (χ1) is 20.1. The maximum atomic E-state index is 14.3. The molecule has 0 spiro atoms. The lowest BCUT2D eigenvalue weighted by Gasteiger charge is -2.34. The number of hydrogen-bond donors (Lipinski definition) is 1. The minimum Gasteiger partial charge on any atom is -0.378 e. The first kappa shape index (κ1) is 28.9. The predicted octanol–water partition coefficient (Wildman–Crippen LogP) is 4.16. The number of para-hydroxylation sites is 1. The number of benzene rings is 3. The number of morpholine rings is 1. The Hall–Kier alpha value is -4.57. The number of nitrogens with zero attached hydrogens (tertiary/aromatic N) is 5. The number of ether oxygens (including phenoxy) is 1. The molecule has 1 fully saturated rings. The molecule has 1 aliphatic rings. The average molecular weight is 569 g/mol. The maximum Gasteiger partial charge on any atom is 0.249 e. The highest BCUT2D eigenvalue weighted by molar-refractivity contribution is 6.03. The van der Waals surface area contributed by atoms with Crippen molar-refractivity contribution in [2.45, 2.75) is 45.8 Å². The summed E-state index contributed by atoms with van der Waals surface area (Å²) in [6.45, 7) is 9.88. The van der Waals surface area contributed by atoms with E-state index in [9.17, 15) is 14.4 Å². The number of anilines is 2. The highest BCUT2D eigenvalue weighted by Gasteiger charge is 2.35. The van der Waals surface area contributed by atoms with Crippen LogP contribution in [0.3, 0.4) is 0 Å². The fraction of sp³-hybridized carbons (Fsp3) is 0.344. The van der Waals surface area contributed by atoms with Crippen LogP contribution in [0.5, 0.6) is 0 Å². The summed E-state index contributed by atoms with van der Waals surface area (Å²) >= 11 is 0. The molecule has 1 atom stereocenters. The topological polar surface area (TPSA) is 110 Å². The van der Waals surface area contributed by atoms with E-state index in [1.807, 2.05) is 69.3 Å². The van der Waals surface area contributed by atoms with Crippen molar-refractivity contribution in [1.29, 1.82) is 0 Å². The number of ketones is 1. The van der Waals surface area contributed by atoms with Gasteiger partial charge in [-0.3, -0.25) is 19.3 Å². The zero-order chi connectivity index (χ0) is 29.9. The molecule has 2 heterocycles. The van der Waals surface area contributed by atoms with Crippen LogP contribution in [-0.2, 0) is 20.9 Å². The van der Waals surface area contributed by atoms with E-state index < -0.39 is 11.6 Å². The Morgan fingerprint density at radius 3 is 2.38 bits per heavy atom. The Bertz CT molecular complexity index is 1580. The molecule has 1 N–H and O–H groups in total. The molecule has 5 rings (SSSR count). The summed E-state index contributed by atoms with van der Waals surface area (Å²) in [4.78, 5) is 44.4. The standard InChI is InChI=1S/C32H36N6O4/c1-22(39)24-8-7-9-26(20-24)38(29(40)21-37-28-11-6-5-10-27(28)34-35-37)30(31(41)33-32(2,3)4)23-12-14-25(15-13-23)36-16-18-42-19-17-36/h5-15,20,30H,16-19,21H2,1-4H3,(H,33,41). The fourth-order valence-corrected chi connectivity index (χ4v) is 5.09. The van der Waals surface area contributed by atoms with Crippen molar-refractivity contribution < 1.29 is 19.1 Å². The Kier molecular flexibility index (Phi) is 8.35. The number of nitrogens with one attached hydrogen (secondary N) is 1. The molecule has 218 valence electrons. The average Bonchev–Trinajstić information content (AvgIpc) is 3.38. The van der Waals surface area contributed by atoms with Crippen molar-refractivity contribution in [3.63, 3.8) is 0 Å². The van der Waals surface area contributed by atoms with Crippen LogP contribution in [0.1, 0.15) is 49.7 Å². The van der Waals surface area contributed by atoms with E-state index in [0.717, 1.165) is 18.8 Å². The third-order valence-corrected chi connectivity index (χ3v) is 7.09. The molecule has 1 aliphatic heterocycles. The van der Waals surface area contributed by atoms with Gasteiger partial charge >= 0.3 is 0 Å². The number of Topliss-reactive ketones (excluding diaryl/α,β-unsaturated/α-hetero) is 1. The lowest BCUT2D eigenvalue weighted by atomic mass is 9.99. The van der Waals surface area contributed by atoms with Crippen molar-refractivity contribution in [3.8, 4) is 0 Å². The zero-order valence-electron chi connectivity index (χ0n) is 24.4. The lowest BCUT2D eigenvalue weighted by molar-refractivity contribution is -0.128. The number of carbonyl (C=O) groups is 3. The van der Waals surface area contributed by atoms with Crippen LogP contribution in [0.15, 0.2) is 72.8 Å². The Morgan fingerprint density at radius 2 is 1.69 bits per heavy atom. The molecule has 1 saturated heterocycles. The number of aromatic nitrogens is 3. The van der Waals surface area contributed by atoms with Gasteiger partial charge in [-0.2, -0.15) is 0 Å². The third-order valence-electron chi connectivity index (χ3n) is 7.09. The molecular formula is C32H36N6O4. The van der Waals surface area contributed by atoms with Crippen LogP contribution in [0.2, 0.25) is 0 Å². The van der Waals surface area contributed by atoms with Gasteiger partial charge in [0.15, 0.2) is 5.78 Å². The molecule has 4 aromatic rings. The molecule has 0 saturated carbocycles. The van der Waals surface area contributed by atoms with Gasteiger partial charge in [-0.25, -0.2) is 4.68 Å². The second-order valence-electron chi connectivity index (χ2n) is 11.4. The van der Waals surface area contributed by atoms with E-state index in [2.05, 4.69) is 20.5 Å². The monoisotopic (exact) mass is 568 g/mol. The molecule has 0 radical (unpaired) electrons. The van der Waals surface area contributed by atoms with Gasteiger partial charge in [-0.15, -0.1) is 5.10 Å². The fourth-order valence-electron chi connectivity index (χ4n) is 5.09. The second kappa shape index (κ2) is 12.1. The van der Waals surface area contributed by atoms with Gasteiger partial charge in [0.25, 0.3) is 0 Å². The number of carbonyl (C=O) groups excluding carboxylic acids is 3. The summed E-state index contributed by atoms with van der Waals surface area (Å²) in [5.74, 6) is -0.860. The summed E-state index contributed by atoms with van der Waals surface area (Å²) in [6.07, 6.45) is 0. The smallest absolute Gasteiger partial charge is 0.249 e. The van der Waals surface area contributed by atoms with E-state index >= 15 is 0 Å². The normalized spacial score (nSPS) is 14.4. The summed E-state index contributed by atoms with van der Waals surface area (Å²) in [6, 6.07) is 20.9. The molecule has 2 amide bonds. The minimum atomic E-state index is -1.02. The van der Waals surface area contributed by atoms with Crippen LogP contribution >= 0.6 is 0 Å². The van der Waals surface area contributed by atoms with Crippen molar-refractivity contribution in [3.05, 3.63) is 83.9 Å². The van der Waals surface area contributed by atoms with Crippen molar-refractivity contribution >= 4 is 40.0 Å². The zero-order valence-corrected chi connectivity index (χ0v) is 24.4. The van der Waals surface area contributed by atoms with Crippen LogP contribution in [0.4, 0.5) is 11.4 Å². The molecule has 0 bridgehead atoms. The van der Waals surface area contributed by atoms with Crippen LogP contribution in [-0.4, -0.2) is 64.4 Å². The number of rotatable bonds is 8. The van der Waals surface area contributed by atoms with Crippen molar-refractivity contribution in [2.75, 3.05) is 36.1 Å². The van der Waals surface area contributed by atoms with Crippen LogP contribution in [0.25, 0.3) is 11.0 Å². The minimum absolute atomic E-state index is 0.142. The molecule has 10 nitrogen and oxygen atoms in total. The van der Waals surface area contributed by atoms with Crippen molar-refractivity contribution in [1.82, 2.24) is 20.3 Å². The molecule has 1 unspecified atom stereocenters. The molecular weight excluding hydrogens is 532 g/mol. The summed E-state index contributed by atoms with van der Waals surface area (Å²) in [5, 5.41) is 11.5. The Morgan fingerprint density at radius 1 is 0.976 bits per heavy atom. The molecule has 0 aliphatic carbocycles. The number of hydrogen-bond acceptors (Lipinski definition) is 7. The van der Waals surface area contributed by atoms with E-state index in [1.165, 1.54) is 16.5 Å². The second-order valence-corrected chi connectivity index (χ2v) is 11.4. The van der Waals surface area contributed by atoms with Gasteiger partial charge in [0.2, 0.25) is 11.8 Å². The maximum absolute atomic E-state index is 14.3. The van der Waals surface area contributed by atoms with Gasteiger partial charge in [-0.05, 0) is 69.7 Å². The Balaban J connectivity index is 1.60. The van der Waals surface area contributed by atoms with Gasteiger partial charge in [0, 0.05) is 35.6 Å². The van der Waals surface area contributed by atoms with E-state index in [4.69, 9.17) is 4.74 Å². The summed E-state index contributed by atoms with van der Waals surface area (Å²) in [7, 11) is 0. The number of fused-ring (bicyclic) bond motifs is 1. The molecule has 1 aromatic heterocycles. The number of amides is 2. The highest BCUT2D eigenvalue weighted by atomic mass is 16.5. The summed E-state index contributed by atoms with van der Waals surface area (Å²) in [5.41, 5.74) is 3.34. The van der Waals surface area contributed by atoms with E-state index in [-0.39, 0.29) is 24.1 Å². The predicted molar refractivity (Wildman–Crippen MR) is 162 cm³/mol. The SMILES string of the molecule is CC(=O)c1cccc(N(C(=O)Cn2nnc3ccccc32)C(C(=O)NC(C)(C)C)c2ccc(N3CCOCC3)cc2)c1. The van der Waals surface area contributed by atoms with Gasteiger partial charge in [-0.1, -0.05) is 41.6 Å². The summed E-state index contributed by atoms with van der Waals surface area (Å²) < 4.78 is 7.02. The largest absolute Gasteiger partial charge is 0.378 e. The first-order valence-corrected chi connectivity index (χ1v) is 14.1. The van der Waals surface area contributed by atoms with Gasteiger partial charge in [0.1, 0.15) is 18.1 Å². The van der Waals surface area contributed by atoms with Crippen LogP contribution in [0, 0.1) is 0 Å². The van der Waals surface area contributed by atoms with Crippen LogP contribution < -0.4 is 15.1 Å². The molecule has 10 heteroatoms.